The van der Waals surface area contributed by atoms with Gasteiger partial charge in [-0.2, -0.15) is 0 Å². The molecule has 1 aliphatic rings. The van der Waals surface area contributed by atoms with Crippen molar-refractivity contribution >= 4 is 15.7 Å². The molecule has 3 rings (SSSR count). The van der Waals surface area contributed by atoms with Crippen molar-refractivity contribution in [2.75, 3.05) is 24.5 Å². The van der Waals surface area contributed by atoms with Gasteiger partial charge in [0.05, 0.1) is 5.75 Å². The lowest BCUT2D eigenvalue weighted by molar-refractivity contribution is 0.541. The van der Waals surface area contributed by atoms with Crippen LogP contribution in [0.3, 0.4) is 0 Å². The average molecular weight is 362 g/mol. The van der Waals surface area contributed by atoms with Crippen LogP contribution in [-0.2, 0) is 15.8 Å². The van der Waals surface area contributed by atoms with Gasteiger partial charge in [-0.3, -0.25) is 0 Å². The summed E-state index contributed by atoms with van der Waals surface area (Å²) in [6, 6.07) is 14.0. The number of halogens is 1. The number of benzene rings is 2. The molecule has 0 amide bonds. The molecule has 0 radical (unpaired) electrons. The molecule has 0 saturated carbocycles. The fourth-order valence-corrected chi connectivity index (χ4v) is 4.31. The van der Waals surface area contributed by atoms with Crippen molar-refractivity contribution in [3.63, 3.8) is 0 Å². The van der Waals surface area contributed by atoms with Crippen LogP contribution >= 0.6 is 0 Å². The smallest absolute Gasteiger partial charge is 0.215 e. The van der Waals surface area contributed by atoms with Crippen molar-refractivity contribution in [3.05, 3.63) is 65.5 Å². The number of aryl methyl sites for hydroxylation is 1. The Morgan fingerprint density at radius 2 is 1.80 bits per heavy atom. The Morgan fingerprint density at radius 3 is 2.48 bits per heavy atom. The van der Waals surface area contributed by atoms with Gasteiger partial charge in [0.2, 0.25) is 10.0 Å². The average Bonchev–Trinajstić information content (AvgIpc) is 3.05. The standard InChI is InChI=1S/C19H23FN2O2S/c1-15-2-4-16(5-3-15)14-25(23,24)21-12-17-10-11-22(13-17)19-8-6-18(20)7-9-19/h2-9,17,21H,10-14H2,1H3. The molecule has 4 nitrogen and oxygen atoms in total. The van der Waals surface area contributed by atoms with Crippen molar-refractivity contribution in [1.29, 1.82) is 0 Å². The number of hydrogen-bond donors (Lipinski definition) is 1. The largest absolute Gasteiger partial charge is 0.371 e. The molecule has 1 N–H and O–H groups in total. The molecule has 1 fully saturated rings. The van der Waals surface area contributed by atoms with Crippen LogP contribution in [0.5, 0.6) is 0 Å². The Morgan fingerprint density at radius 1 is 1.12 bits per heavy atom. The fraction of sp³-hybridized carbons (Fsp3) is 0.368. The van der Waals surface area contributed by atoms with E-state index in [0.717, 1.165) is 36.3 Å². The van der Waals surface area contributed by atoms with Crippen molar-refractivity contribution < 1.29 is 12.8 Å². The Balaban J connectivity index is 1.51. The van der Waals surface area contributed by atoms with Crippen molar-refractivity contribution in [3.8, 4) is 0 Å². The number of hydrogen-bond acceptors (Lipinski definition) is 3. The number of rotatable bonds is 6. The summed E-state index contributed by atoms with van der Waals surface area (Å²) in [7, 11) is -3.34. The monoisotopic (exact) mass is 362 g/mol. The maximum Gasteiger partial charge on any atom is 0.215 e. The highest BCUT2D eigenvalue weighted by Crippen LogP contribution is 2.23. The van der Waals surface area contributed by atoms with Gasteiger partial charge in [-0.05, 0) is 49.1 Å². The van der Waals surface area contributed by atoms with Gasteiger partial charge in [0.25, 0.3) is 0 Å². The maximum atomic E-state index is 13.0. The molecule has 1 unspecified atom stereocenters. The molecule has 0 aliphatic carbocycles. The first-order valence-electron chi connectivity index (χ1n) is 8.45. The van der Waals surface area contributed by atoms with Gasteiger partial charge in [0, 0.05) is 25.3 Å². The second-order valence-electron chi connectivity index (χ2n) is 6.67. The second kappa shape index (κ2) is 7.54. The third-order valence-corrected chi connectivity index (χ3v) is 5.87. The Kier molecular flexibility index (Phi) is 5.39. The summed E-state index contributed by atoms with van der Waals surface area (Å²) in [5, 5.41) is 0. The minimum absolute atomic E-state index is 0.00166. The van der Waals surface area contributed by atoms with E-state index in [9.17, 15) is 12.8 Å². The summed E-state index contributed by atoms with van der Waals surface area (Å²) in [5.74, 6) is 0.0167. The Hall–Kier alpha value is -1.92. The van der Waals surface area contributed by atoms with Crippen LogP contribution < -0.4 is 9.62 Å². The predicted octanol–water partition coefficient (Wildman–Crippen LogP) is 3.08. The van der Waals surface area contributed by atoms with E-state index >= 15 is 0 Å². The third-order valence-electron chi connectivity index (χ3n) is 4.55. The SMILES string of the molecule is Cc1ccc(CS(=O)(=O)NCC2CCN(c3ccc(F)cc3)C2)cc1. The zero-order chi connectivity index (χ0) is 17.9. The summed E-state index contributed by atoms with van der Waals surface area (Å²) in [5.41, 5.74) is 2.88. The molecule has 0 bridgehead atoms. The zero-order valence-corrected chi connectivity index (χ0v) is 15.1. The minimum Gasteiger partial charge on any atom is -0.371 e. The number of anilines is 1. The van der Waals surface area contributed by atoms with Crippen molar-refractivity contribution in [1.82, 2.24) is 4.72 Å². The predicted molar refractivity (Wildman–Crippen MR) is 98.5 cm³/mol. The molecule has 25 heavy (non-hydrogen) atoms. The van der Waals surface area contributed by atoms with E-state index < -0.39 is 10.0 Å². The van der Waals surface area contributed by atoms with E-state index in [-0.39, 0.29) is 17.5 Å². The summed E-state index contributed by atoms with van der Waals surface area (Å²) in [4.78, 5) is 2.17. The summed E-state index contributed by atoms with van der Waals surface area (Å²) < 4.78 is 40.3. The van der Waals surface area contributed by atoms with Crippen molar-refractivity contribution in [2.45, 2.75) is 19.1 Å². The number of nitrogens with one attached hydrogen (secondary N) is 1. The van der Waals surface area contributed by atoms with Gasteiger partial charge in [-0.25, -0.2) is 17.5 Å². The van der Waals surface area contributed by atoms with Gasteiger partial charge in [0.1, 0.15) is 5.82 Å². The van der Waals surface area contributed by atoms with Crippen LogP contribution in [0.2, 0.25) is 0 Å². The van der Waals surface area contributed by atoms with Crippen LogP contribution in [0.25, 0.3) is 0 Å². The second-order valence-corrected chi connectivity index (χ2v) is 8.48. The Labute approximate surface area is 148 Å². The van der Waals surface area contributed by atoms with Crippen molar-refractivity contribution in [2.24, 2.45) is 5.92 Å². The van der Waals surface area contributed by atoms with Crippen LogP contribution in [-0.4, -0.2) is 28.1 Å². The zero-order valence-electron chi connectivity index (χ0n) is 14.3. The topological polar surface area (TPSA) is 49.4 Å². The molecule has 0 spiro atoms. The fourth-order valence-electron chi connectivity index (χ4n) is 3.09. The summed E-state index contributed by atoms with van der Waals surface area (Å²) in [6.07, 6.45) is 0.921. The first-order chi connectivity index (χ1) is 11.9. The lowest BCUT2D eigenvalue weighted by Crippen LogP contribution is -2.31. The lowest BCUT2D eigenvalue weighted by atomic mass is 10.1. The number of sulfonamides is 1. The molecular weight excluding hydrogens is 339 g/mol. The van der Waals surface area contributed by atoms with Crippen LogP contribution in [0.15, 0.2) is 48.5 Å². The lowest BCUT2D eigenvalue weighted by Gasteiger charge is -2.19. The van der Waals surface area contributed by atoms with Gasteiger partial charge < -0.3 is 4.90 Å². The van der Waals surface area contributed by atoms with Gasteiger partial charge in [-0.1, -0.05) is 29.8 Å². The highest BCUT2D eigenvalue weighted by Gasteiger charge is 2.24. The van der Waals surface area contributed by atoms with E-state index in [0.29, 0.717) is 6.54 Å². The first kappa shape index (κ1) is 17.9. The van der Waals surface area contributed by atoms with E-state index in [4.69, 9.17) is 0 Å². The van der Waals surface area contributed by atoms with Crippen LogP contribution in [0, 0.1) is 18.7 Å². The quantitative estimate of drug-likeness (QED) is 0.859. The van der Waals surface area contributed by atoms with Gasteiger partial charge in [-0.15, -0.1) is 0 Å². The minimum atomic E-state index is -3.34. The third kappa shape index (κ3) is 5.03. The van der Waals surface area contributed by atoms with Crippen LogP contribution in [0.4, 0.5) is 10.1 Å². The van der Waals surface area contributed by atoms with Crippen LogP contribution in [0.1, 0.15) is 17.5 Å². The maximum absolute atomic E-state index is 13.0. The molecule has 1 atom stereocenters. The van der Waals surface area contributed by atoms with E-state index in [1.165, 1.54) is 12.1 Å². The molecule has 2 aromatic rings. The normalized spacial score (nSPS) is 17.8. The molecule has 1 heterocycles. The Bertz CT molecular complexity index is 804. The summed E-state index contributed by atoms with van der Waals surface area (Å²) in [6.45, 7) is 4.05. The van der Waals surface area contributed by atoms with Gasteiger partial charge >= 0.3 is 0 Å². The number of nitrogens with zero attached hydrogens (tertiary/aromatic N) is 1. The molecule has 1 saturated heterocycles. The molecule has 1 aliphatic heterocycles. The molecule has 134 valence electrons. The molecular formula is C19H23FN2O2S. The summed E-state index contributed by atoms with van der Waals surface area (Å²) >= 11 is 0. The first-order valence-corrected chi connectivity index (χ1v) is 10.1. The van der Waals surface area contributed by atoms with E-state index in [1.807, 2.05) is 31.2 Å². The van der Waals surface area contributed by atoms with E-state index in [1.54, 1.807) is 12.1 Å². The molecule has 0 aromatic heterocycles. The van der Waals surface area contributed by atoms with E-state index in [2.05, 4.69) is 9.62 Å². The highest BCUT2D eigenvalue weighted by atomic mass is 32.2. The molecule has 2 aromatic carbocycles. The van der Waals surface area contributed by atoms with Gasteiger partial charge in [0.15, 0.2) is 0 Å². The highest BCUT2D eigenvalue weighted by molar-refractivity contribution is 7.88. The molecule has 6 heteroatoms.